The summed E-state index contributed by atoms with van der Waals surface area (Å²) in [6, 6.07) is 14.5. The monoisotopic (exact) mass is 534 g/mol. The summed E-state index contributed by atoms with van der Waals surface area (Å²) in [7, 11) is 0. The number of rotatable bonds is 5. The fourth-order valence-corrected chi connectivity index (χ4v) is 8.04. The average Bonchev–Trinajstić information content (AvgIpc) is 3.29. The van der Waals surface area contributed by atoms with Crippen LogP contribution in [0.4, 0.5) is 4.39 Å². The van der Waals surface area contributed by atoms with E-state index in [2.05, 4.69) is 15.6 Å². The molecule has 1 aromatic heterocycles. The fourth-order valence-electron chi connectivity index (χ4n) is 8.04. The Labute approximate surface area is 227 Å². The van der Waals surface area contributed by atoms with E-state index in [0.29, 0.717) is 30.5 Å². The maximum Gasteiger partial charge on any atom is 0.253 e. The number of benzene rings is 2. The molecule has 38 heavy (non-hydrogen) atoms. The van der Waals surface area contributed by atoms with E-state index < -0.39 is 0 Å². The molecule has 1 aliphatic heterocycles. The van der Waals surface area contributed by atoms with Crippen molar-refractivity contribution in [2.45, 2.75) is 62.7 Å². The second-order valence-electron chi connectivity index (χ2n) is 11.9. The minimum Gasteiger partial charge on any atom is -0.346 e. The van der Waals surface area contributed by atoms with Crippen molar-refractivity contribution in [1.29, 1.82) is 0 Å². The molecule has 4 atom stereocenters. The molecule has 0 saturated heterocycles. The first-order chi connectivity index (χ1) is 17.9. The smallest absolute Gasteiger partial charge is 0.253 e. The van der Waals surface area contributed by atoms with Gasteiger partial charge in [-0.15, -0.1) is 12.4 Å². The average molecular weight is 535 g/mol. The fraction of sp³-hybridized carbons (Fsp3) is 0.433. The van der Waals surface area contributed by atoms with Crippen LogP contribution in [-0.4, -0.2) is 39.3 Å². The van der Waals surface area contributed by atoms with Crippen molar-refractivity contribution in [1.82, 2.24) is 20.5 Å². The molecule has 198 valence electrons. The molecule has 2 aromatic carbocycles. The molecule has 4 fully saturated rings. The number of aromatic nitrogens is 1. The van der Waals surface area contributed by atoms with Crippen molar-refractivity contribution in [2.24, 2.45) is 11.8 Å². The number of nitrogens with zero attached hydrogens (tertiary/aromatic N) is 2. The molecule has 8 heteroatoms. The molecular formula is C30H32ClFN4O2. The van der Waals surface area contributed by atoms with Gasteiger partial charge in [0.15, 0.2) is 0 Å². The Balaban J connectivity index is 0.00000264. The number of halogens is 2. The third-order valence-electron chi connectivity index (χ3n) is 9.15. The Hall–Kier alpha value is -3.03. The lowest BCUT2D eigenvalue weighted by molar-refractivity contribution is -0.132. The SMILES string of the molecule is Cl.O=C(NC12C[C@@H]3C[C@@H](CC(NCC(=O)N4Cc5ccc(F)cc5C4)(C3)C1)C2)c1cnc2ccccc2c1. The first-order valence-electron chi connectivity index (χ1n) is 13.4. The number of para-hydroxylation sites is 1. The highest BCUT2D eigenvalue weighted by Crippen LogP contribution is 2.57. The van der Waals surface area contributed by atoms with Crippen LogP contribution in [-0.2, 0) is 17.9 Å². The first kappa shape index (κ1) is 25.3. The van der Waals surface area contributed by atoms with Crippen LogP contribution in [0, 0.1) is 17.7 Å². The predicted molar refractivity (Wildman–Crippen MR) is 145 cm³/mol. The van der Waals surface area contributed by atoms with E-state index in [4.69, 9.17) is 0 Å². The van der Waals surface area contributed by atoms with Crippen LogP contribution in [0.2, 0.25) is 0 Å². The molecule has 4 aliphatic carbocycles. The van der Waals surface area contributed by atoms with Crippen molar-refractivity contribution < 1.29 is 14.0 Å². The van der Waals surface area contributed by atoms with Crippen LogP contribution in [0.3, 0.4) is 0 Å². The topological polar surface area (TPSA) is 74.3 Å². The molecule has 2 amide bonds. The molecular weight excluding hydrogens is 503 g/mol. The van der Waals surface area contributed by atoms with Gasteiger partial charge in [0.05, 0.1) is 17.6 Å². The minimum atomic E-state index is -0.258. The molecule has 4 saturated carbocycles. The van der Waals surface area contributed by atoms with Crippen molar-refractivity contribution >= 4 is 35.1 Å². The van der Waals surface area contributed by atoms with E-state index in [-0.39, 0.29) is 47.7 Å². The molecule has 5 aliphatic rings. The van der Waals surface area contributed by atoms with Gasteiger partial charge in [-0.2, -0.15) is 0 Å². The molecule has 0 radical (unpaired) electrons. The number of fused-ring (bicyclic) bond motifs is 2. The van der Waals surface area contributed by atoms with E-state index >= 15 is 0 Å². The second kappa shape index (κ2) is 9.31. The molecule has 4 bridgehead atoms. The van der Waals surface area contributed by atoms with Gasteiger partial charge in [0.25, 0.3) is 5.91 Å². The van der Waals surface area contributed by atoms with Gasteiger partial charge in [0.2, 0.25) is 5.91 Å². The number of carbonyl (C=O) groups is 2. The molecule has 0 spiro atoms. The normalized spacial score (nSPS) is 28.7. The quantitative estimate of drug-likeness (QED) is 0.495. The molecule has 2 heterocycles. The lowest BCUT2D eigenvalue weighted by Gasteiger charge is -2.62. The summed E-state index contributed by atoms with van der Waals surface area (Å²) >= 11 is 0. The van der Waals surface area contributed by atoms with Crippen LogP contribution in [0.1, 0.15) is 60.0 Å². The van der Waals surface area contributed by atoms with E-state index in [1.165, 1.54) is 18.6 Å². The van der Waals surface area contributed by atoms with Crippen LogP contribution < -0.4 is 10.6 Å². The van der Waals surface area contributed by atoms with Crippen LogP contribution in [0.25, 0.3) is 10.9 Å². The highest BCUT2D eigenvalue weighted by molar-refractivity contribution is 5.97. The van der Waals surface area contributed by atoms with Gasteiger partial charge in [-0.1, -0.05) is 24.3 Å². The lowest BCUT2D eigenvalue weighted by Crippen LogP contribution is -2.69. The zero-order valence-electron chi connectivity index (χ0n) is 21.2. The molecule has 8 rings (SSSR count). The Morgan fingerprint density at radius 2 is 1.71 bits per heavy atom. The number of hydrogen-bond donors (Lipinski definition) is 2. The van der Waals surface area contributed by atoms with Gasteiger partial charge in [-0.3, -0.25) is 14.6 Å². The Morgan fingerprint density at radius 1 is 0.974 bits per heavy atom. The third-order valence-corrected chi connectivity index (χ3v) is 9.15. The highest BCUT2D eigenvalue weighted by atomic mass is 35.5. The molecule has 6 nitrogen and oxygen atoms in total. The number of carbonyl (C=O) groups excluding carboxylic acids is 2. The van der Waals surface area contributed by atoms with Crippen molar-refractivity contribution in [3.05, 3.63) is 77.2 Å². The van der Waals surface area contributed by atoms with Crippen molar-refractivity contribution in [3.63, 3.8) is 0 Å². The number of pyridine rings is 1. The Kier molecular flexibility index (Phi) is 6.19. The summed E-state index contributed by atoms with van der Waals surface area (Å²) in [4.78, 5) is 32.8. The first-order valence-corrected chi connectivity index (χ1v) is 13.4. The van der Waals surface area contributed by atoms with Gasteiger partial charge in [-0.05, 0) is 85.8 Å². The second-order valence-corrected chi connectivity index (χ2v) is 11.9. The summed E-state index contributed by atoms with van der Waals surface area (Å²) in [5.74, 6) is 0.837. The standard InChI is InChI=1S/C30H31FN4O2.ClH/c31-25-6-5-22-16-35(17-24(22)9-25)27(36)15-33-29-10-19-7-20(11-29)13-30(12-19,18-29)34-28(37)23-8-21-3-1-2-4-26(21)32-14-23;/h1-6,8-9,14,19-20,33H,7,10-13,15-18H2,(H,34,37);1H/t19-,20+,29?,30?;. The van der Waals surface area contributed by atoms with Gasteiger partial charge < -0.3 is 15.5 Å². The number of nitrogens with one attached hydrogen (secondary N) is 2. The van der Waals surface area contributed by atoms with Crippen LogP contribution >= 0.6 is 12.4 Å². The third kappa shape index (κ3) is 4.46. The maximum absolute atomic E-state index is 13.6. The van der Waals surface area contributed by atoms with Crippen molar-refractivity contribution in [3.8, 4) is 0 Å². The van der Waals surface area contributed by atoms with E-state index in [0.717, 1.165) is 54.1 Å². The van der Waals surface area contributed by atoms with Crippen LogP contribution in [0.5, 0.6) is 0 Å². The molecule has 3 aromatic rings. The summed E-state index contributed by atoms with van der Waals surface area (Å²) < 4.78 is 13.6. The van der Waals surface area contributed by atoms with Crippen molar-refractivity contribution in [2.75, 3.05) is 6.54 Å². The van der Waals surface area contributed by atoms with Crippen LogP contribution in [0.15, 0.2) is 54.7 Å². The maximum atomic E-state index is 13.6. The Bertz CT molecular complexity index is 1410. The molecule has 2 N–H and O–H groups in total. The number of amides is 2. The zero-order chi connectivity index (χ0) is 25.2. The number of hydrogen-bond acceptors (Lipinski definition) is 4. The summed E-state index contributed by atoms with van der Waals surface area (Å²) in [5, 5.41) is 8.08. The minimum absolute atomic E-state index is 0. The lowest BCUT2D eigenvalue weighted by atomic mass is 9.50. The molecule has 2 unspecified atom stereocenters. The summed E-state index contributed by atoms with van der Waals surface area (Å²) in [6.07, 6.45) is 7.83. The van der Waals surface area contributed by atoms with Gasteiger partial charge in [0, 0.05) is 35.8 Å². The Morgan fingerprint density at radius 3 is 2.53 bits per heavy atom. The van der Waals surface area contributed by atoms with E-state index in [1.807, 2.05) is 35.2 Å². The van der Waals surface area contributed by atoms with E-state index in [9.17, 15) is 14.0 Å². The highest BCUT2D eigenvalue weighted by Gasteiger charge is 2.58. The van der Waals surface area contributed by atoms with E-state index in [1.54, 1.807) is 12.3 Å². The van der Waals surface area contributed by atoms with Gasteiger partial charge in [0.1, 0.15) is 5.82 Å². The zero-order valence-corrected chi connectivity index (χ0v) is 22.0. The summed E-state index contributed by atoms with van der Waals surface area (Å²) in [5.41, 5.74) is 3.02. The summed E-state index contributed by atoms with van der Waals surface area (Å²) in [6.45, 7) is 1.27. The predicted octanol–water partition coefficient (Wildman–Crippen LogP) is 4.75. The largest absolute Gasteiger partial charge is 0.346 e. The van der Waals surface area contributed by atoms with Gasteiger partial charge in [-0.25, -0.2) is 4.39 Å². The van der Waals surface area contributed by atoms with Gasteiger partial charge >= 0.3 is 0 Å².